The van der Waals surface area contributed by atoms with Crippen molar-refractivity contribution < 1.29 is 0 Å². The van der Waals surface area contributed by atoms with Crippen molar-refractivity contribution in [3.05, 3.63) is 35.4 Å². The first kappa shape index (κ1) is 11.2. The van der Waals surface area contributed by atoms with Crippen molar-refractivity contribution in [3.63, 3.8) is 0 Å². The first-order valence-corrected chi connectivity index (χ1v) is 6.76. The first-order chi connectivity index (χ1) is 8.20. The zero-order valence-electron chi connectivity index (χ0n) is 10.4. The van der Waals surface area contributed by atoms with Crippen molar-refractivity contribution in [1.82, 2.24) is 0 Å². The van der Waals surface area contributed by atoms with Gasteiger partial charge in [-0.3, -0.25) is 0 Å². The third-order valence-electron chi connectivity index (χ3n) is 4.84. The van der Waals surface area contributed by atoms with Crippen LogP contribution in [0.3, 0.4) is 0 Å². The van der Waals surface area contributed by atoms with Gasteiger partial charge in [-0.1, -0.05) is 24.3 Å². The minimum Gasteiger partial charge on any atom is -0.329 e. The van der Waals surface area contributed by atoms with E-state index in [1.165, 1.54) is 24.8 Å². The van der Waals surface area contributed by atoms with Crippen LogP contribution in [0.5, 0.6) is 0 Å². The predicted molar refractivity (Wildman–Crippen MR) is 70.7 cm³/mol. The molecule has 0 radical (unpaired) electrons. The van der Waals surface area contributed by atoms with Crippen LogP contribution in [0.15, 0.2) is 24.3 Å². The third-order valence-corrected chi connectivity index (χ3v) is 4.84. The molecule has 1 aromatic carbocycles. The van der Waals surface area contributed by atoms with E-state index in [0.717, 1.165) is 24.7 Å². The molecule has 4 N–H and O–H groups in total. The summed E-state index contributed by atoms with van der Waals surface area (Å²) in [7, 11) is 0. The predicted octanol–water partition coefficient (Wildman–Crippen LogP) is 1.86. The molecule has 0 unspecified atom stereocenters. The molecule has 3 rings (SSSR count). The second-order valence-electron chi connectivity index (χ2n) is 6.01. The quantitative estimate of drug-likeness (QED) is 0.773. The van der Waals surface area contributed by atoms with Crippen LogP contribution in [0.4, 0.5) is 0 Å². The minimum absolute atomic E-state index is 0.0898. The summed E-state index contributed by atoms with van der Waals surface area (Å²) in [5, 5.41) is 0. The molecule has 0 aliphatic heterocycles. The molecular formula is C15H22N2. The number of fused-ring (bicyclic) bond motifs is 2. The molecule has 2 nitrogen and oxygen atoms in total. The van der Waals surface area contributed by atoms with E-state index in [2.05, 4.69) is 24.3 Å². The first-order valence-electron chi connectivity index (χ1n) is 6.76. The lowest BCUT2D eigenvalue weighted by atomic mass is 9.64. The summed E-state index contributed by atoms with van der Waals surface area (Å²) < 4.78 is 0. The van der Waals surface area contributed by atoms with Crippen LogP contribution in [0.1, 0.15) is 30.4 Å². The van der Waals surface area contributed by atoms with Gasteiger partial charge in [-0.25, -0.2) is 0 Å². The molecule has 0 spiro atoms. The highest BCUT2D eigenvalue weighted by atomic mass is 14.8. The van der Waals surface area contributed by atoms with E-state index >= 15 is 0 Å². The van der Waals surface area contributed by atoms with Gasteiger partial charge in [-0.05, 0) is 55.1 Å². The average molecular weight is 230 g/mol. The molecule has 0 amide bonds. The van der Waals surface area contributed by atoms with Crippen LogP contribution in [0.25, 0.3) is 0 Å². The van der Waals surface area contributed by atoms with E-state index in [-0.39, 0.29) is 5.54 Å². The highest BCUT2D eigenvalue weighted by Gasteiger charge is 2.39. The van der Waals surface area contributed by atoms with Gasteiger partial charge in [-0.15, -0.1) is 0 Å². The van der Waals surface area contributed by atoms with Crippen LogP contribution in [0.2, 0.25) is 0 Å². The Morgan fingerprint density at radius 2 is 1.76 bits per heavy atom. The van der Waals surface area contributed by atoms with Crippen molar-refractivity contribution >= 4 is 0 Å². The molecule has 2 aliphatic rings. The number of hydrogen-bond acceptors (Lipinski definition) is 2. The summed E-state index contributed by atoms with van der Waals surface area (Å²) in [5.74, 6) is 1.60. The van der Waals surface area contributed by atoms with Crippen LogP contribution in [-0.2, 0) is 12.8 Å². The van der Waals surface area contributed by atoms with Crippen molar-refractivity contribution in [1.29, 1.82) is 0 Å². The van der Waals surface area contributed by atoms with Gasteiger partial charge in [0, 0.05) is 12.1 Å². The van der Waals surface area contributed by atoms with Gasteiger partial charge >= 0.3 is 0 Å². The van der Waals surface area contributed by atoms with Crippen molar-refractivity contribution in [2.24, 2.45) is 23.3 Å². The molecule has 92 valence electrons. The zero-order valence-corrected chi connectivity index (χ0v) is 10.4. The van der Waals surface area contributed by atoms with E-state index in [9.17, 15) is 0 Å². The van der Waals surface area contributed by atoms with Gasteiger partial charge in [0.05, 0.1) is 0 Å². The Morgan fingerprint density at radius 1 is 1.12 bits per heavy atom. The topological polar surface area (TPSA) is 52.0 Å². The molecule has 1 aromatic rings. The summed E-state index contributed by atoms with van der Waals surface area (Å²) in [6.45, 7) is 0.637. The third kappa shape index (κ3) is 2.00. The lowest BCUT2D eigenvalue weighted by Gasteiger charge is -2.44. The molecular weight excluding hydrogens is 208 g/mol. The monoisotopic (exact) mass is 230 g/mol. The van der Waals surface area contributed by atoms with Gasteiger partial charge in [-0.2, -0.15) is 0 Å². The van der Waals surface area contributed by atoms with Gasteiger partial charge in [0.2, 0.25) is 0 Å². The van der Waals surface area contributed by atoms with Crippen molar-refractivity contribution in [3.8, 4) is 0 Å². The summed E-state index contributed by atoms with van der Waals surface area (Å²) in [4.78, 5) is 0. The molecule has 0 saturated heterocycles. The Labute approximate surface area is 103 Å². The highest BCUT2D eigenvalue weighted by Crippen LogP contribution is 2.42. The Morgan fingerprint density at radius 3 is 2.41 bits per heavy atom. The van der Waals surface area contributed by atoms with Crippen LogP contribution >= 0.6 is 0 Å². The average Bonchev–Trinajstić information content (AvgIpc) is 2.36. The summed E-state index contributed by atoms with van der Waals surface area (Å²) in [6.07, 6.45) is 5.93. The molecule has 0 bridgehead atoms. The number of nitrogens with two attached hydrogens (primary N) is 2. The highest BCUT2D eigenvalue weighted by molar-refractivity contribution is 5.31. The number of hydrogen-bond donors (Lipinski definition) is 2. The smallest absolute Gasteiger partial charge is 0.0281 e. The lowest BCUT2D eigenvalue weighted by molar-refractivity contribution is 0.146. The van der Waals surface area contributed by atoms with Crippen LogP contribution in [-0.4, -0.2) is 12.1 Å². The Balaban J connectivity index is 1.83. The molecule has 0 heterocycles. The maximum absolute atomic E-state index is 6.36. The Kier molecular flexibility index (Phi) is 2.72. The second-order valence-corrected chi connectivity index (χ2v) is 6.01. The van der Waals surface area contributed by atoms with Gasteiger partial charge < -0.3 is 11.5 Å². The lowest BCUT2D eigenvalue weighted by Crippen LogP contribution is -2.53. The fraction of sp³-hybridized carbons (Fsp3) is 0.600. The maximum Gasteiger partial charge on any atom is 0.0281 e. The van der Waals surface area contributed by atoms with Gasteiger partial charge in [0.15, 0.2) is 0 Å². The number of rotatable bonds is 1. The van der Waals surface area contributed by atoms with E-state index in [0.29, 0.717) is 6.54 Å². The van der Waals surface area contributed by atoms with Crippen molar-refractivity contribution in [2.75, 3.05) is 6.54 Å². The Hall–Kier alpha value is -0.860. The van der Waals surface area contributed by atoms with E-state index in [1.54, 1.807) is 5.56 Å². The standard InChI is InChI=1S/C15H22N2/c16-10-15(17)6-5-13-7-11-3-1-2-4-12(11)8-14(13)9-15/h1-4,13-14H,5-10,16-17H2/t13-,14-,15+/m1/s1. The SMILES string of the molecule is NC[C@]1(N)CC[C@@H]2Cc3ccccc3C[C@@H]2C1. The van der Waals surface area contributed by atoms with Gasteiger partial charge in [0.1, 0.15) is 0 Å². The van der Waals surface area contributed by atoms with E-state index < -0.39 is 0 Å². The maximum atomic E-state index is 6.36. The zero-order chi connectivity index (χ0) is 11.9. The van der Waals surface area contributed by atoms with E-state index in [4.69, 9.17) is 11.5 Å². The largest absolute Gasteiger partial charge is 0.329 e. The summed E-state index contributed by atoms with van der Waals surface area (Å²) >= 11 is 0. The Bertz CT molecular complexity index is 415. The fourth-order valence-electron chi connectivity index (χ4n) is 3.71. The fourth-order valence-corrected chi connectivity index (χ4v) is 3.71. The molecule has 2 aliphatic carbocycles. The summed E-state index contributed by atoms with van der Waals surface area (Å²) in [5.41, 5.74) is 15.2. The van der Waals surface area contributed by atoms with Crippen molar-refractivity contribution in [2.45, 2.75) is 37.6 Å². The molecule has 1 saturated carbocycles. The van der Waals surface area contributed by atoms with E-state index in [1.807, 2.05) is 0 Å². The van der Waals surface area contributed by atoms with Crippen LogP contribution in [0, 0.1) is 11.8 Å². The second kappa shape index (κ2) is 4.11. The molecule has 17 heavy (non-hydrogen) atoms. The molecule has 0 aromatic heterocycles. The van der Waals surface area contributed by atoms with Crippen LogP contribution < -0.4 is 11.5 Å². The minimum atomic E-state index is -0.0898. The van der Waals surface area contributed by atoms with Gasteiger partial charge in [0.25, 0.3) is 0 Å². The normalized spacial score (nSPS) is 36.1. The molecule has 3 atom stereocenters. The number of benzene rings is 1. The summed E-state index contributed by atoms with van der Waals surface area (Å²) in [6, 6.07) is 8.88. The molecule has 2 heteroatoms. The molecule has 1 fully saturated rings.